The van der Waals surface area contributed by atoms with Gasteiger partial charge in [0.25, 0.3) is 0 Å². The van der Waals surface area contributed by atoms with Crippen molar-refractivity contribution in [2.45, 2.75) is 78.5 Å². The number of hydrogen-bond acceptors (Lipinski definition) is 4. The molecule has 0 saturated heterocycles. The minimum Gasteiger partial charge on any atom is -0.377 e. The molecular weight excluding hydrogens is 383 g/mol. The molecule has 0 saturated carbocycles. The van der Waals surface area contributed by atoms with Gasteiger partial charge in [-0.1, -0.05) is 18.2 Å². The molecular formula is C21H30F3N3O2. The maximum atomic E-state index is 13.5. The summed E-state index contributed by atoms with van der Waals surface area (Å²) in [5.41, 5.74) is -1.22. The third-order valence-corrected chi connectivity index (χ3v) is 4.57. The Balaban J connectivity index is 2.39. The van der Waals surface area contributed by atoms with E-state index in [1.54, 1.807) is 16.8 Å². The monoisotopic (exact) mass is 413 g/mol. The maximum absolute atomic E-state index is 13.5. The summed E-state index contributed by atoms with van der Waals surface area (Å²) >= 11 is 0. The largest absolute Gasteiger partial charge is 0.397 e. The van der Waals surface area contributed by atoms with Crippen LogP contribution in [0, 0.1) is 0 Å². The van der Waals surface area contributed by atoms with Crippen molar-refractivity contribution in [2.24, 2.45) is 0 Å². The van der Waals surface area contributed by atoms with Gasteiger partial charge in [0.05, 0.1) is 30.8 Å². The zero-order valence-electron chi connectivity index (χ0n) is 17.9. The minimum absolute atomic E-state index is 0.0191. The predicted molar refractivity (Wildman–Crippen MR) is 106 cm³/mol. The van der Waals surface area contributed by atoms with Gasteiger partial charge in [0.2, 0.25) is 0 Å². The molecule has 0 fully saturated rings. The Morgan fingerprint density at radius 3 is 2.28 bits per heavy atom. The van der Waals surface area contributed by atoms with Crippen molar-refractivity contribution in [1.29, 1.82) is 0 Å². The number of halogens is 3. The molecule has 1 heterocycles. The first kappa shape index (κ1) is 23.3. The highest BCUT2D eigenvalue weighted by atomic mass is 19.4. The number of rotatable bonds is 9. The number of benzene rings is 1. The topological polar surface area (TPSA) is 49.2 Å². The van der Waals surface area contributed by atoms with E-state index in [9.17, 15) is 13.2 Å². The zero-order valence-corrected chi connectivity index (χ0v) is 17.9. The quantitative estimate of drug-likeness (QED) is 0.572. The van der Waals surface area contributed by atoms with Crippen molar-refractivity contribution >= 4 is 0 Å². The van der Waals surface area contributed by atoms with Crippen molar-refractivity contribution in [1.82, 2.24) is 14.8 Å². The van der Waals surface area contributed by atoms with Crippen LogP contribution in [0.4, 0.5) is 13.2 Å². The number of alkyl halides is 3. The summed E-state index contributed by atoms with van der Waals surface area (Å²) in [6.07, 6.45) is -4.27. The standard InChI is InChI=1S/C21H30F3N3O2/c1-14(2)28-11-10-27-19(25-18(26-27)13-29-15(3)4)16-8-7-9-17(12-16)20(5,6)21(22,23)24/h7-9,12,14-15H,10-11,13H2,1-6H3. The second-order valence-electron chi connectivity index (χ2n) is 8.06. The molecule has 0 aliphatic heterocycles. The smallest absolute Gasteiger partial charge is 0.377 e. The second-order valence-corrected chi connectivity index (χ2v) is 8.06. The zero-order chi connectivity index (χ0) is 21.8. The van der Waals surface area contributed by atoms with Crippen molar-refractivity contribution in [3.8, 4) is 11.4 Å². The highest BCUT2D eigenvalue weighted by Crippen LogP contribution is 2.41. The van der Waals surface area contributed by atoms with Gasteiger partial charge in [0, 0.05) is 5.56 Å². The second kappa shape index (κ2) is 9.26. The van der Waals surface area contributed by atoms with Gasteiger partial charge in [-0.2, -0.15) is 18.3 Å². The Hall–Kier alpha value is -1.93. The van der Waals surface area contributed by atoms with Gasteiger partial charge in [-0.05, 0) is 53.2 Å². The molecule has 5 nitrogen and oxygen atoms in total. The van der Waals surface area contributed by atoms with Crippen LogP contribution in [0.2, 0.25) is 0 Å². The number of aromatic nitrogens is 3. The summed E-state index contributed by atoms with van der Waals surface area (Å²) < 4.78 is 53.3. The highest BCUT2D eigenvalue weighted by Gasteiger charge is 2.48. The lowest BCUT2D eigenvalue weighted by Gasteiger charge is -2.28. The van der Waals surface area contributed by atoms with Crippen LogP contribution < -0.4 is 0 Å². The molecule has 1 aromatic carbocycles. The van der Waals surface area contributed by atoms with Gasteiger partial charge < -0.3 is 9.47 Å². The summed E-state index contributed by atoms with van der Waals surface area (Å²) in [7, 11) is 0. The number of hydrogen-bond donors (Lipinski definition) is 0. The lowest BCUT2D eigenvalue weighted by Crippen LogP contribution is -2.36. The lowest BCUT2D eigenvalue weighted by atomic mass is 9.83. The van der Waals surface area contributed by atoms with E-state index in [0.29, 0.717) is 30.4 Å². The molecule has 0 N–H and O–H groups in total. The van der Waals surface area contributed by atoms with Crippen LogP contribution in [0.15, 0.2) is 24.3 Å². The van der Waals surface area contributed by atoms with E-state index in [2.05, 4.69) is 10.1 Å². The van der Waals surface area contributed by atoms with Crippen LogP contribution >= 0.6 is 0 Å². The van der Waals surface area contributed by atoms with Crippen LogP contribution in [0.5, 0.6) is 0 Å². The molecule has 162 valence electrons. The van der Waals surface area contributed by atoms with E-state index in [1.165, 1.54) is 26.0 Å². The highest BCUT2D eigenvalue weighted by molar-refractivity contribution is 5.57. The fraction of sp³-hybridized carbons (Fsp3) is 0.619. The Morgan fingerprint density at radius 2 is 1.69 bits per heavy atom. The van der Waals surface area contributed by atoms with Crippen molar-refractivity contribution in [2.75, 3.05) is 6.61 Å². The van der Waals surface area contributed by atoms with Crippen molar-refractivity contribution in [3.63, 3.8) is 0 Å². The molecule has 0 bridgehead atoms. The van der Waals surface area contributed by atoms with E-state index in [-0.39, 0.29) is 24.4 Å². The summed E-state index contributed by atoms with van der Waals surface area (Å²) in [5.74, 6) is 0.985. The predicted octanol–water partition coefficient (Wildman–Crippen LogP) is 5.14. The normalized spacial score (nSPS) is 12.9. The van der Waals surface area contributed by atoms with Crippen LogP contribution in [-0.2, 0) is 28.0 Å². The van der Waals surface area contributed by atoms with Crippen LogP contribution in [-0.4, -0.2) is 39.8 Å². The lowest BCUT2D eigenvalue weighted by molar-refractivity contribution is -0.180. The summed E-state index contributed by atoms with van der Waals surface area (Å²) in [4.78, 5) is 4.53. The van der Waals surface area contributed by atoms with E-state index >= 15 is 0 Å². The van der Waals surface area contributed by atoms with Crippen molar-refractivity contribution < 1.29 is 22.6 Å². The first-order valence-corrected chi connectivity index (χ1v) is 9.76. The molecule has 0 radical (unpaired) electrons. The summed E-state index contributed by atoms with van der Waals surface area (Å²) in [5, 5.41) is 4.47. The van der Waals surface area contributed by atoms with E-state index in [1.807, 2.05) is 27.7 Å². The van der Waals surface area contributed by atoms with Crippen molar-refractivity contribution in [3.05, 3.63) is 35.7 Å². The van der Waals surface area contributed by atoms with Crippen LogP contribution in [0.25, 0.3) is 11.4 Å². The van der Waals surface area contributed by atoms with Gasteiger partial charge in [-0.15, -0.1) is 0 Å². The first-order chi connectivity index (χ1) is 13.4. The van der Waals surface area contributed by atoms with Gasteiger partial charge in [0.15, 0.2) is 11.6 Å². The van der Waals surface area contributed by atoms with Crippen LogP contribution in [0.3, 0.4) is 0 Å². The average Bonchev–Trinajstić information content (AvgIpc) is 3.02. The van der Waals surface area contributed by atoms with Gasteiger partial charge >= 0.3 is 6.18 Å². The molecule has 2 aromatic rings. The molecule has 0 aliphatic rings. The van der Waals surface area contributed by atoms with Gasteiger partial charge in [-0.3, -0.25) is 0 Å². The Morgan fingerprint density at radius 1 is 1.03 bits per heavy atom. The molecule has 0 amide bonds. The fourth-order valence-electron chi connectivity index (χ4n) is 2.65. The number of ether oxygens (including phenoxy) is 2. The van der Waals surface area contributed by atoms with Gasteiger partial charge in [-0.25, -0.2) is 9.67 Å². The molecule has 1 aromatic heterocycles. The fourth-order valence-corrected chi connectivity index (χ4v) is 2.65. The molecule has 0 unspecified atom stereocenters. The van der Waals surface area contributed by atoms with E-state index in [4.69, 9.17) is 9.47 Å². The molecule has 2 rings (SSSR count). The SMILES string of the molecule is CC(C)OCCn1nc(COC(C)C)nc1-c1cccc(C(C)(C)C(F)(F)F)c1. The maximum Gasteiger partial charge on any atom is 0.397 e. The Kier molecular flexibility index (Phi) is 7.45. The molecule has 29 heavy (non-hydrogen) atoms. The van der Waals surface area contributed by atoms with Crippen LogP contribution in [0.1, 0.15) is 52.9 Å². The van der Waals surface area contributed by atoms with E-state index in [0.717, 1.165) is 0 Å². The molecule has 8 heteroatoms. The first-order valence-electron chi connectivity index (χ1n) is 9.76. The Bertz CT molecular complexity index is 799. The molecule has 0 atom stereocenters. The molecule has 0 spiro atoms. The third kappa shape index (κ3) is 6.02. The average molecular weight is 413 g/mol. The third-order valence-electron chi connectivity index (χ3n) is 4.57. The summed E-state index contributed by atoms with van der Waals surface area (Å²) in [6, 6.07) is 6.38. The Labute approximate surface area is 170 Å². The minimum atomic E-state index is -4.36. The van der Waals surface area contributed by atoms with E-state index < -0.39 is 11.6 Å². The summed E-state index contributed by atoms with van der Waals surface area (Å²) in [6.45, 7) is 11.1. The molecule has 0 aliphatic carbocycles. The van der Waals surface area contributed by atoms with Gasteiger partial charge in [0.1, 0.15) is 6.61 Å². The number of nitrogens with zero attached hydrogens (tertiary/aromatic N) is 3.